The lowest BCUT2D eigenvalue weighted by atomic mass is 9.95. The van der Waals surface area contributed by atoms with Crippen molar-refractivity contribution in [2.24, 2.45) is 11.8 Å². The molecule has 2 fully saturated rings. The molecule has 1 unspecified atom stereocenters. The summed E-state index contributed by atoms with van der Waals surface area (Å²) in [6.45, 7) is 7.88. The largest absolute Gasteiger partial charge is 0.370 e. The molecule has 0 bridgehead atoms. The normalized spacial score (nSPS) is 22.8. The van der Waals surface area contributed by atoms with Crippen molar-refractivity contribution in [2.75, 3.05) is 18.0 Å². The summed E-state index contributed by atoms with van der Waals surface area (Å²) in [7, 11) is 0. The summed E-state index contributed by atoms with van der Waals surface area (Å²) in [5.41, 5.74) is 2.51. The van der Waals surface area contributed by atoms with Gasteiger partial charge in [0.15, 0.2) is 0 Å². The second-order valence-electron chi connectivity index (χ2n) is 6.68. The van der Waals surface area contributed by atoms with Crippen LogP contribution in [0.4, 0.5) is 5.69 Å². The highest BCUT2D eigenvalue weighted by Crippen LogP contribution is 2.33. The van der Waals surface area contributed by atoms with Crippen molar-refractivity contribution in [2.45, 2.75) is 45.7 Å². The molecule has 3 rings (SSSR count). The molecule has 1 saturated heterocycles. The van der Waals surface area contributed by atoms with Gasteiger partial charge in [0.25, 0.3) is 0 Å². The highest BCUT2D eigenvalue weighted by Gasteiger charge is 2.26. The predicted octanol–water partition coefficient (Wildman–Crippen LogP) is 4.07. The molecule has 0 radical (unpaired) electrons. The Morgan fingerprint density at radius 3 is 2.70 bits per heavy atom. The van der Waals surface area contributed by atoms with E-state index in [1.807, 2.05) is 0 Å². The van der Waals surface area contributed by atoms with Crippen LogP contribution in [-0.2, 0) is 6.54 Å². The van der Waals surface area contributed by atoms with E-state index < -0.39 is 0 Å². The van der Waals surface area contributed by atoms with E-state index in [1.54, 1.807) is 0 Å². The topological polar surface area (TPSA) is 15.3 Å². The maximum absolute atomic E-state index is 6.50. The molecule has 0 amide bonds. The summed E-state index contributed by atoms with van der Waals surface area (Å²) < 4.78 is 0. The summed E-state index contributed by atoms with van der Waals surface area (Å²) in [6.07, 6.45) is 3.95. The van der Waals surface area contributed by atoms with Crippen LogP contribution in [0.1, 0.15) is 38.7 Å². The van der Waals surface area contributed by atoms with Gasteiger partial charge in [-0.25, -0.2) is 0 Å². The molecule has 110 valence electrons. The van der Waals surface area contributed by atoms with Gasteiger partial charge < -0.3 is 10.2 Å². The molecule has 1 N–H and O–H groups in total. The zero-order valence-corrected chi connectivity index (χ0v) is 13.3. The van der Waals surface area contributed by atoms with Crippen LogP contribution in [0.25, 0.3) is 0 Å². The summed E-state index contributed by atoms with van der Waals surface area (Å²) >= 11 is 6.50. The Morgan fingerprint density at radius 1 is 1.30 bits per heavy atom. The number of rotatable bonds is 5. The molecule has 1 aromatic rings. The quantitative estimate of drug-likeness (QED) is 0.880. The van der Waals surface area contributed by atoms with Gasteiger partial charge in [0.2, 0.25) is 0 Å². The predicted molar refractivity (Wildman–Crippen MR) is 86.5 cm³/mol. The fourth-order valence-electron chi connectivity index (χ4n) is 3.02. The van der Waals surface area contributed by atoms with Crippen molar-refractivity contribution in [1.82, 2.24) is 5.32 Å². The Hall–Kier alpha value is -0.730. The average Bonchev–Trinajstić information content (AvgIpc) is 3.11. The minimum atomic E-state index is 0.749. The molecule has 0 aromatic heterocycles. The molecular formula is C17H25ClN2. The van der Waals surface area contributed by atoms with Gasteiger partial charge in [-0.15, -0.1) is 0 Å². The smallest absolute Gasteiger partial charge is 0.0642 e. The maximum atomic E-state index is 6.50. The lowest BCUT2D eigenvalue weighted by Gasteiger charge is -2.21. The monoisotopic (exact) mass is 292 g/mol. The fraction of sp³-hybridized carbons (Fsp3) is 0.647. The van der Waals surface area contributed by atoms with Crippen molar-refractivity contribution in [1.29, 1.82) is 0 Å². The van der Waals surface area contributed by atoms with E-state index in [-0.39, 0.29) is 0 Å². The van der Waals surface area contributed by atoms with Gasteiger partial charge >= 0.3 is 0 Å². The third kappa shape index (κ3) is 3.29. The summed E-state index contributed by atoms with van der Waals surface area (Å²) in [4.78, 5) is 2.45. The van der Waals surface area contributed by atoms with E-state index in [2.05, 4.69) is 42.3 Å². The third-order valence-corrected chi connectivity index (χ3v) is 5.00. The Kier molecular flexibility index (Phi) is 4.23. The fourth-order valence-corrected chi connectivity index (χ4v) is 3.34. The number of hydrogen-bond donors (Lipinski definition) is 1. The van der Waals surface area contributed by atoms with Crippen molar-refractivity contribution >= 4 is 17.3 Å². The van der Waals surface area contributed by atoms with E-state index in [0.717, 1.165) is 42.5 Å². The molecule has 1 saturated carbocycles. The highest BCUT2D eigenvalue weighted by molar-refractivity contribution is 6.33. The van der Waals surface area contributed by atoms with Crippen LogP contribution in [0.5, 0.6) is 0 Å². The standard InChI is InChI=1S/C17H25ClN2/c1-12(2)14-7-8-20(11-14)17-6-3-13(9-16(17)18)10-19-15-4-5-15/h3,6,9,12,14-15,19H,4-5,7-8,10-11H2,1-2H3. The zero-order chi connectivity index (χ0) is 14.1. The van der Waals surface area contributed by atoms with E-state index in [9.17, 15) is 0 Å². The van der Waals surface area contributed by atoms with Gasteiger partial charge in [0, 0.05) is 25.7 Å². The minimum Gasteiger partial charge on any atom is -0.370 e. The molecule has 1 atom stereocenters. The van der Waals surface area contributed by atoms with Crippen molar-refractivity contribution in [3.8, 4) is 0 Å². The van der Waals surface area contributed by atoms with Crippen molar-refractivity contribution in [3.63, 3.8) is 0 Å². The van der Waals surface area contributed by atoms with Crippen LogP contribution in [0, 0.1) is 11.8 Å². The first kappa shape index (κ1) is 14.2. The number of hydrogen-bond acceptors (Lipinski definition) is 2. The Morgan fingerprint density at radius 2 is 2.10 bits per heavy atom. The molecular weight excluding hydrogens is 268 g/mol. The SMILES string of the molecule is CC(C)C1CCN(c2ccc(CNC3CC3)cc2Cl)C1. The lowest BCUT2D eigenvalue weighted by Crippen LogP contribution is -2.21. The Bertz CT molecular complexity index is 468. The Labute approximate surface area is 127 Å². The third-order valence-electron chi connectivity index (χ3n) is 4.69. The van der Waals surface area contributed by atoms with Crippen LogP contribution in [-0.4, -0.2) is 19.1 Å². The zero-order valence-electron chi connectivity index (χ0n) is 12.5. The van der Waals surface area contributed by atoms with E-state index >= 15 is 0 Å². The molecule has 1 heterocycles. The van der Waals surface area contributed by atoms with E-state index in [4.69, 9.17) is 11.6 Å². The van der Waals surface area contributed by atoms with Gasteiger partial charge in [-0.1, -0.05) is 31.5 Å². The maximum Gasteiger partial charge on any atom is 0.0642 e. The average molecular weight is 293 g/mol. The number of nitrogens with one attached hydrogen (secondary N) is 1. The molecule has 1 aromatic carbocycles. The van der Waals surface area contributed by atoms with E-state index in [0.29, 0.717) is 0 Å². The minimum absolute atomic E-state index is 0.749. The second-order valence-corrected chi connectivity index (χ2v) is 7.09. The summed E-state index contributed by atoms with van der Waals surface area (Å²) in [6, 6.07) is 7.31. The molecule has 3 heteroatoms. The lowest BCUT2D eigenvalue weighted by molar-refractivity contribution is 0.423. The highest BCUT2D eigenvalue weighted by atomic mass is 35.5. The molecule has 0 spiro atoms. The Balaban J connectivity index is 1.64. The molecule has 1 aliphatic heterocycles. The van der Waals surface area contributed by atoms with Crippen LogP contribution in [0.3, 0.4) is 0 Å². The summed E-state index contributed by atoms with van der Waals surface area (Å²) in [5.74, 6) is 1.57. The van der Waals surface area contributed by atoms with Gasteiger partial charge in [-0.2, -0.15) is 0 Å². The molecule has 1 aliphatic carbocycles. The number of benzene rings is 1. The van der Waals surface area contributed by atoms with Crippen molar-refractivity contribution < 1.29 is 0 Å². The first-order valence-electron chi connectivity index (χ1n) is 7.90. The molecule has 20 heavy (non-hydrogen) atoms. The van der Waals surface area contributed by atoms with Gasteiger partial charge in [-0.05, 0) is 48.8 Å². The van der Waals surface area contributed by atoms with Gasteiger partial charge in [0.1, 0.15) is 0 Å². The summed E-state index contributed by atoms with van der Waals surface area (Å²) in [5, 5.41) is 4.45. The first-order chi connectivity index (χ1) is 9.63. The van der Waals surface area contributed by atoms with Crippen LogP contribution in [0.15, 0.2) is 18.2 Å². The van der Waals surface area contributed by atoms with Crippen molar-refractivity contribution in [3.05, 3.63) is 28.8 Å². The van der Waals surface area contributed by atoms with Crippen LogP contribution in [0.2, 0.25) is 5.02 Å². The van der Waals surface area contributed by atoms with Crippen LogP contribution >= 0.6 is 11.6 Å². The van der Waals surface area contributed by atoms with Gasteiger partial charge in [-0.3, -0.25) is 0 Å². The van der Waals surface area contributed by atoms with Crippen LogP contribution < -0.4 is 10.2 Å². The van der Waals surface area contributed by atoms with Gasteiger partial charge in [0.05, 0.1) is 10.7 Å². The number of anilines is 1. The second kappa shape index (κ2) is 5.95. The number of nitrogens with zero attached hydrogens (tertiary/aromatic N) is 1. The molecule has 2 aliphatic rings. The number of halogens is 1. The molecule has 2 nitrogen and oxygen atoms in total. The first-order valence-corrected chi connectivity index (χ1v) is 8.28. The van der Waals surface area contributed by atoms with E-state index in [1.165, 1.54) is 30.5 Å².